The maximum atomic E-state index is 12.2. The van der Waals surface area contributed by atoms with Gasteiger partial charge in [0, 0.05) is 16.8 Å². The molecule has 0 saturated carbocycles. The fraction of sp³-hybridized carbons (Fsp3) is 0.273. The van der Waals surface area contributed by atoms with E-state index < -0.39 is 29.9 Å². The third-order valence-electron chi connectivity index (χ3n) is 4.20. The van der Waals surface area contributed by atoms with E-state index in [-0.39, 0.29) is 5.78 Å². The van der Waals surface area contributed by atoms with Gasteiger partial charge < -0.3 is 15.4 Å². The highest BCUT2D eigenvalue weighted by Gasteiger charge is 2.23. The smallest absolute Gasteiger partial charge is 0.329 e. The summed E-state index contributed by atoms with van der Waals surface area (Å²) in [6, 6.07) is 12.4. The third-order valence-corrected chi connectivity index (χ3v) is 4.20. The van der Waals surface area contributed by atoms with E-state index >= 15 is 0 Å². The lowest BCUT2D eigenvalue weighted by molar-refractivity contribution is -0.154. The Balaban J connectivity index is 1.88. The number of rotatable bonds is 7. The molecule has 0 fully saturated rings. The van der Waals surface area contributed by atoms with Gasteiger partial charge in [0.05, 0.1) is 0 Å². The van der Waals surface area contributed by atoms with Gasteiger partial charge in [-0.15, -0.1) is 0 Å². The second kappa shape index (κ2) is 9.64. The van der Waals surface area contributed by atoms with Gasteiger partial charge in [0.15, 0.2) is 11.9 Å². The van der Waals surface area contributed by atoms with E-state index in [0.29, 0.717) is 16.8 Å². The minimum atomic E-state index is -1.06. The number of hydrogen-bond acceptors (Lipinski definition) is 5. The Kier molecular flexibility index (Phi) is 7.25. The monoisotopic (exact) mass is 396 g/mol. The zero-order valence-electron chi connectivity index (χ0n) is 16.8. The van der Waals surface area contributed by atoms with Crippen LogP contribution in [0.3, 0.4) is 0 Å². The minimum absolute atomic E-state index is 0.0770. The Morgan fingerprint density at radius 3 is 2.17 bits per heavy atom. The molecule has 0 aliphatic carbocycles. The number of benzene rings is 2. The molecule has 0 aliphatic rings. The highest BCUT2D eigenvalue weighted by molar-refractivity contribution is 5.99. The maximum Gasteiger partial charge on any atom is 0.329 e. The molecule has 2 aromatic carbocycles. The van der Waals surface area contributed by atoms with Crippen molar-refractivity contribution in [2.45, 2.75) is 39.8 Å². The first kappa shape index (κ1) is 21.8. The summed E-state index contributed by atoms with van der Waals surface area (Å²) in [7, 11) is 0. The van der Waals surface area contributed by atoms with E-state index in [1.165, 1.54) is 20.8 Å². The van der Waals surface area contributed by atoms with E-state index in [4.69, 9.17) is 4.74 Å². The standard InChI is InChI=1S/C22H24N2O5/c1-13-6-5-7-18(12-13)21(27)23-14(2)22(28)29-16(4)20(26)24-19-10-8-17(9-11-19)15(3)25/h5-12,14,16H,1-4H3,(H,23,27)(H,24,26)/t14-,16-/m0/s1. The van der Waals surface area contributed by atoms with Crippen LogP contribution in [0.5, 0.6) is 0 Å². The van der Waals surface area contributed by atoms with Crippen LogP contribution in [0.25, 0.3) is 0 Å². The summed E-state index contributed by atoms with van der Waals surface area (Å²) in [4.78, 5) is 47.9. The normalized spacial score (nSPS) is 12.4. The van der Waals surface area contributed by atoms with E-state index in [9.17, 15) is 19.2 Å². The average molecular weight is 396 g/mol. The Bertz CT molecular complexity index is 921. The molecule has 2 rings (SSSR count). The topological polar surface area (TPSA) is 102 Å². The number of amides is 2. The lowest BCUT2D eigenvalue weighted by atomic mass is 10.1. The second-order valence-electron chi connectivity index (χ2n) is 6.77. The molecule has 152 valence electrons. The van der Waals surface area contributed by atoms with Crippen molar-refractivity contribution < 1.29 is 23.9 Å². The maximum absolute atomic E-state index is 12.2. The first-order chi connectivity index (χ1) is 13.7. The molecule has 7 nitrogen and oxygen atoms in total. The molecule has 0 heterocycles. The molecule has 2 aromatic rings. The quantitative estimate of drug-likeness (QED) is 0.553. The van der Waals surface area contributed by atoms with Crippen LogP contribution in [0.4, 0.5) is 5.69 Å². The van der Waals surface area contributed by atoms with Crippen molar-refractivity contribution >= 4 is 29.3 Å². The lowest BCUT2D eigenvalue weighted by Gasteiger charge is -2.18. The van der Waals surface area contributed by atoms with Gasteiger partial charge in [-0.1, -0.05) is 17.7 Å². The summed E-state index contributed by atoms with van der Waals surface area (Å²) in [6.07, 6.45) is -1.06. The van der Waals surface area contributed by atoms with Crippen LogP contribution in [0.1, 0.15) is 47.1 Å². The number of carbonyl (C=O) groups is 4. The number of Topliss-reactive ketones (excluding diaryl/α,β-unsaturated/α-hetero) is 1. The molecule has 0 aliphatic heterocycles. The van der Waals surface area contributed by atoms with Gasteiger partial charge in [-0.2, -0.15) is 0 Å². The zero-order valence-corrected chi connectivity index (χ0v) is 16.8. The van der Waals surface area contributed by atoms with Crippen LogP contribution in [-0.4, -0.2) is 35.7 Å². The van der Waals surface area contributed by atoms with Crippen molar-refractivity contribution in [3.63, 3.8) is 0 Å². The molecule has 0 aromatic heterocycles. The average Bonchev–Trinajstić information content (AvgIpc) is 2.68. The highest BCUT2D eigenvalue weighted by atomic mass is 16.5. The summed E-state index contributed by atoms with van der Waals surface area (Å²) in [6.45, 7) is 6.24. The zero-order chi connectivity index (χ0) is 21.6. The number of esters is 1. The van der Waals surface area contributed by atoms with Crippen molar-refractivity contribution in [3.8, 4) is 0 Å². The molecular formula is C22H24N2O5. The van der Waals surface area contributed by atoms with E-state index in [1.807, 2.05) is 13.0 Å². The molecule has 0 spiro atoms. The molecular weight excluding hydrogens is 372 g/mol. The number of anilines is 1. The van der Waals surface area contributed by atoms with Crippen molar-refractivity contribution in [3.05, 3.63) is 65.2 Å². The van der Waals surface area contributed by atoms with Crippen molar-refractivity contribution in [2.24, 2.45) is 0 Å². The van der Waals surface area contributed by atoms with Crippen LogP contribution in [0.2, 0.25) is 0 Å². The first-order valence-corrected chi connectivity index (χ1v) is 9.17. The Hall–Kier alpha value is -3.48. The minimum Gasteiger partial charge on any atom is -0.451 e. The fourth-order valence-electron chi connectivity index (χ4n) is 2.49. The van der Waals surface area contributed by atoms with Crippen LogP contribution >= 0.6 is 0 Å². The lowest BCUT2D eigenvalue weighted by Crippen LogP contribution is -2.42. The van der Waals surface area contributed by atoms with Gasteiger partial charge in [-0.05, 0) is 64.1 Å². The second-order valence-corrected chi connectivity index (χ2v) is 6.77. The predicted octanol–water partition coefficient (Wildman–Crippen LogP) is 2.89. The Morgan fingerprint density at radius 2 is 1.59 bits per heavy atom. The molecule has 7 heteroatoms. The number of ether oxygens (including phenoxy) is 1. The number of nitrogens with one attached hydrogen (secondary N) is 2. The molecule has 0 saturated heterocycles. The summed E-state index contributed by atoms with van der Waals surface area (Å²) in [5, 5.41) is 5.17. The molecule has 2 N–H and O–H groups in total. The fourth-order valence-corrected chi connectivity index (χ4v) is 2.49. The van der Waals surface area contributed by atoms with E-state index in [0.717, 1.165) is 5.56 Å². The molecule has 0 bridgehead atoms. The molecule has 2 amide bonds. The summed E-state index contributed by atoms with van der Waals surface area (Å²) < 4.78 is 5.15. The Labute approximate surface area is 169 Å². The number of ketones is 1. The van der Waals surface area contributed by atoms with Gasteiger partial charge in [0.25, 0.3) is 11.8 Å². The Morgan fingerprint density at radius 1 is 0.931 bits per heavy atom. The van der Waals surface area contributed by atoms with Crippen molar-refractivity contribution in [1.82, 2.24) is 5.32 Å². The van der Waals surface area contributed by atoms with Crippen molar-refractivity contribution in [1.29, 1.82) is 0 Å². The third kappa shape index (κ3) is 6.27. The van der Waals surface area contributed by atoms with Crippen LogP contribution < -0.4 is 10.6 Å². The number of aryl methyl sites for hydroxylation is 1. The molecule has 0 radical (unpaired) electrons. The van der Waals surface area contributed by atoms with Gasteiger partial charge in [0.2, 0.25) is 0 Å². The summed E-state index contributed by atoms with van der Waals surface area (Å²) >= 11 is 0. The number of carbonyl (C=O) groups excluding carboxylic acids is 4. The van der Waals surface area contributed by atoms with Gasteiger partial charge in [0.1, 0.15) is 6.04 Å². The van der Waals surface area contributed by atoms with Crippen LogP contribution in [0, 0.1) is 6.92 Å². The largest absolute Gasteiger partial charge is 0.451 e. The number of hydrogen-bond donors (Lipinski definition) is 2. The SMILES string of the molecule is CC(=O)c1ccc(NC(=O)[C@H](C)OC(=O)[C@H](C)NC(=O)c2cccc(C)c2)cc1. The molecule has 29 heavy (non-hydrogen) atoms. The molecule has 2 atom stereocenters. The molecule has 0 unspecified atom stereocenters. The van der Waals surface area contributed by atoms with E-state index in [1.54, 1.807) is 42.5 Å². The highest BCUT2D eigenvalue weighted by Crippen LogP contribution is 2.11. The van der Waals surface area contributed by atoms with Crippen LogP contribution in [0.15, 0.2) is 48.5 Å². The van der Waals surface area contributed by atoms with Crippen molar-refractivity contribution in [2.75, 3.05) is 5.32 Å². The first-order valence-electron chi connectivity index (χ1n) is 9.17. The van der Waals surface area contributed by atoms with Gasteiger partial charge >= 0.3 is 5.97 Å². The predicted molar refractivity (Wildman–Crippen MR) is 109 cm³/mol. The van der Waals surface area contributed by atoms with Gasteiger partial charge in [-0.3, -0.25) is 14.4 Å². The van der Waals surface area contributed by atoms with Gasteiger partial charge in [-0.25, -0.2) is 4.79 Å². The summed E-state index contributed by atoms with van der Waals surface area (Å²) in [5.41, 5.74) is 2.36. The van der Waals surface area contributed by atoms with Crippen LogP contribution in [-0.2, 0) is 14.3 Å². The summed E-state index contributed by atoms with van der Waals surface area (Å²) in [5.74, 6) is -1.72. The van der Waals surface area contributed by atoms with E-state index in [2.05, 4.69) is 10.6 Å².